The molecule has 0 N–H and O–H groups in total. The Hall–Kier alpha value is -1.21. The zero-order valence-electron chi connectivity index (χ0n) is 6.74. The molecule has 0 aliphatic carbocycles. The summed E-state index contributed by atoms with van der Waals surface area (Å²) in [5.41, 5.74) is -2.97. The van der Waals surface area contributed by atoms with Crippen molar-refractivity contribution in [2.24, 2.45) is 7.05 Å². The van der Waals surface area contributed by atoms with Crippen LogP contribution in [0.3, 0.4) is 0 Å². The number of halogens is 6. The number of nitrogens with zero attached hydrogens (tertiary/aromatic N) is 2. The summed E-state index contributed by atoms with van der Waals surface area (Å²) in [6, 6.07) is -0.0278. The number of aromatic nitrogens is 2. The molecule has 0 saturated heterocycles. The van der Waals surface area contributed by atoms with Gasteiger partial charge in [0.15, 0.2) is 5.69 Å². The Morgan fingerprint density at radius 1 is 1.07 bits per heavy atom. The van der Waals surface area contributed by atoms with Gasteiger partial charge >= 0.3 is 12.4 Å². The van der Waals surface area contributed by atoms with Gasteiger partial charge in [0.05, 0.1) is 0 Å². The summed E-state index contributed by atoms with van der Waals surface area (Å²) < 4.78 is 72.0. The van der Waals surface area contributed by atoms with Gasteiger partial charge in [-0.3, -0.25) is 4.68 Å². The van der Waals surface area contributed by atoms with Crippen molar-refractivity contribution in [3.05, 3.63) is 17.5 Å². The van der Waals surface area contributed by atoms with Crippen LogP contribution in [0, 0.1) is 0 Å². The first-order valence-electron chi connectivity index (χ1n) is 3.31. The van der Waals surface area contributed by atoms with E-state index in [0.717, 1.165) is 7.05 Å². The van der Waals surface area contributed by atoms with Gasteiger partial charge in [0.25, 0.3) is 0 Å². The van der Waals surface area contributed by atoms with Crippen molar-refractivity contribution in [2.75, 3.05) is 0 Å². The molecular weight excluding hydrogens is 214 g/mol. The minimum atomic E-state index is -4.86. The lowest BCUT2D eigenvalue weighted by molar-refractivity contribution is -0.144. The molecule has 1 heterocycles. The largest absolute Gasteiger partial charge is 0.435 e. The summed E-state index contributed by atoms with van der Waals surface area (Å²) in [7, 11) is 0.804. The number of aryl methyl sites for hydroxylation is 1. The van der Waals surface area contributed by atoms with Crippen molar-refractivity contribution in [1.29, 1.82) is 0 Å². The van der Waals surface area contributed by atoms with Gasteiger partial charge < -0.3 is 0 Å². The summed E-state index contributed by atoms with van der Waals surface area (Å²) in [6.45, 7) is 0. The predicted molar refractivity (Wildman–Crippen MR) is 33.2 cm³/mol. The van der Waals surface area contributed by atoms with Crippen LogP contribution in [0.15, 0.2) is 6.07 Å². The first-order chi connectivity index (χ1) is 6.12. The Morgan fingerprint density at radius 2 is 1.57 bits per heavy atom. The van der Waals surface area contributed by atoms with Gasteiger partial charge in [-0.15, -0.1) is 0 Å². The Labute approximate surface area is 74.1 Å². The predicted octanol–water partition coefficient (Wildman–Crippen LogP) is 2.46. The van der Waals surface area contributed by atoms with Gasteiger partial charge in [-0.05, 0) is 0 Å². The quantitative estimate of drug-likeness (QED) is 0.611. The van der Waals surface area contributed by atoms with E-state index in [1.165, 1.54) is 0 Å². The fourth-order valence-corrected chi connectivity index (χ4v) is 0.871. The normalized spacial score (nSPS) is 13.4. The maximum Gasteiger partial charge on any atom is 0.435 e. The van der Waals surface area contributed by atoms with Crippen LogP contribution in [-0.2, 0) is 19.4 Å². The molecule has 1 rings (SSSR count). The third-order valence-corrected chi connectivity index (χ3v) is 1.46. The zero-order chi connectivity index (χ0) is 11.1. The number of alkyl halides is 6. The SMILES string of the molecule is Cn1nc(C(F)(F)F)cc1C(F)(F)F. The molecule has 80 valence electrons. The fourth-order valence-electron chi connectivity index (χ4n) is 0.871. The summed E-state index contributed by atoms with van der Waals surface area (Å²) >= 11 is 0. The van der Waals surface area contributed by atoms with Crippen molar-refractivity contribution in [1.82, 2.24) is 9.78 Å². The second kappa shape index (κ2) is 2.89. The Morgan fingerprint density at radius 3 is 1.79 bits per heavy atom. The number of hydrogen-bond donors (Lipinski definition) is 0. The molecular formula is C6H4F6N2. The Balaban J connectivity index is 3.19. The van der Waals surface area contributed by atoms with Crippen molar-refractivity contribution in [3.8, 4) is 0 Å². The smallest absolute Gasteiger partial charge is 0.263 e. The number of rotatable bonds is 0. The molecule has 0 atom stereocenters. The monoisotopic (exact) mass is 218 g/mol. The van der Waals surface area contributed by atoms with Crippen molar-refractivity contribution >= 4 is 0 Å². The molecule has 2 nitrogen and oxygen atoms in total. The average molecular weight is 218 g/mol. The average Bonchev–Trinajstić information content (AvgIpc) is 2.27. The lowest BCUT2D eigenvalue weighted by Crippen LogP contribution is -2.11. The van der Waals surface area contributed by atoms with E-state index in [4.69, 9.17) is 0 Å². The molecule has 0 unspecified atom stereocenters. The molecule has 8 heteroatoms. The fraction of sp³-hybridized carbons (Fsp3) is 0.500. The van der Waals surface area contributed by atoms with Gasteiger partial charge in [-0.2, -0.15) is 31.4 Å². The summed E-state index contributed by atoms with van der Waals surface area (Å²) in [5, 5.41) is 2.72. The maximum absolute atomic E-state index is 12.0. The van der Waals surface area contributed by atoms with Crippen LogP contribution < -0.4 is 0 Å². The molecule has 1 aromatic heterocycles. The van der Waals surface area contributed by atoms with Gasteiger partial charge in [-0.25, -0.2) is 0 Å². The highest BCUT2D eigenvalue weighted by molar-refractivity contribution is 5.15. The first-order valence-corrected chi connectivity index (χ1v) is 3.31. The molecule has 0 bridgehead atoms. The van der Waals surface area contributed by atoms with E-state index in [-0.39, 0.29) is 10.7 Å². The second-order valence-corrected chi connectivity index (χ2v) is 2.53. The van der Waals surface area contributed by atoms with E-state index in [1.807, 2.05) is 0 Å². The molecule has 1 aromatic rings. The Bertz CT molecular complexity index is 333. The summed E-state index contributed by atoms with van der Waals surface area (Å²) in [5.74, 6) is 0. The summed E-state index contributed by atoms with van der Waals surface area (Å²) in [4.78, 5) is 0. The van der Waals surface area contributed by atoms with Crippen LogP contribution in [0.5, 0.6) is 0 Å². The topological polar surface area (TPSA) is 17.8 Å². The highest BCUT2D eigenvalue weighted by atomic mass is 19.4. The number of hydrogen-bond acceptors (Lipinski definition) is 1. The van der Waals surface area contributed by atoms with E-state index in [1.54, 1.807) is 0 Å². The van der Waals surface area contributed by atoms with Crippen LogP contribution in [0.4, 0.5) is 26.3 Å². The second-order valence-electron chi connectivity index (χ2n) is 2.53. The molecule has 0 aliphatic rings. The van der Waals surface area contributed by atoms with E-state index >= 15 is 0 Å². The van der Waals surface area contributed by atoms with Crippen molar-refractivity contribution in [3.63, 3.8) is 0 Å². The highest BCUT2D eigenvalue weighted by Crippen LogP contribution is 2.34. The van der Waals surface area contributed by atoms with Crippen LogP contribution in [-0.4, -0.2) is 9.78 Å². The standard InChI is InChI=1S/C6H4F6N2/c1-14-4(6(10,11)12)2-3(13-14)5(7,8)9/h2H,1H3. The van der Waals surface area contributed by atoms with Crippen LogP contribution in [0.1, 0.15) is 11.4 Å². The zero-order valence-corrected chi connectivity index (χ0v) is 6.74. The third kappa shape index (κ3) is 1.99. The van der Waals surface area contributed by atoms with Gasteiger partial charge in [0.2, 0.25) is 0 Å². The first kappa shape index (κ1) is 10.9. The van der Waals surface area contributed by atoms with E-state index in [2.05, 4.69) is 5.10 Å². The molecule has 0 aliphatic heterocycles. The Kier molecular flexibility index (Phi) is 2.24. The third-order valence-electron chi connectivity index (χ3n) is 1.46. The van der Waals surface area contributed by atoms with Crippen molar-refractivity contribution < 1.29 is 26.3 Å². The van der Waals surface area contributed by atoms with E-state index in [0.29, 0.717) is 0 Å². The molecule has 0 aromatic carbocycles. The molecule has 14 heavy (non-hydrogen) atoms. The van der Waals surface area contributed by atoms with Gasteiger partial charge in [-0.1, -0.05) is 0 Å². The van der Waals surface area contributed by atoms with Crippen molar-refractivity contribution in [2.45, 2.75) is 12.4 Å². The van der Waals surface area contributed by atoms with Crippen LogP contribution in [0.2, 0.25) is 0 Å². The lowest BCUT2D eigenvalue weighted by Gasteiger charge is -2.04. The molecule has 0 spiro atoms. The maximum atomic E-state index is 12.0. The van der Waals surface area contributed by atoms with Gasteiger partial charge in [0.1, 0.15) is 5.69 Å². The minimum Gasteiger partial charge on any atom is -0.263 e. The van der Waals surface area contributed by atoms with Crippen LogP contribution >= 0.6 is 0 Å². The highest BCUT2D eigenvalue weighted by Gasteiger charge is 2.40. The molecule has 0 radical (unpaired) electrons. The van der Waals surface area contributed by atoms with E-state index < -0.39 is 23.7 Å². The molecule has 0 amide bonds. The van der Waals surface area contributed by atoms with Crippen LogP contribution in [0.25, 0.3) is 0 Å². The minimum absolute atomic E-state index is 0.0278. The summed E-state index contributed by atoms with van der Waals surface area (Å²) in [6.07, 6.45) is -9.69. The molecule has 0 saturated carbocycles. The van der Waals surface area contributed by atoms with E-state index in [9.17, 15) is 26.3 Å². The lowest BCUT2D eigenvalue weighted by atomic mass is 10.3. The van der Waals surface area contributed by atoms with Gasteiger partial charge in [0, 0.05) is 13.1 Å². The molecule has 0 fully saturated rings.